The van der Waals surface area contributed by atoms with Crippen LogP contribution in [-0.2, 0) is 517 Å². The third-order valence-electron chi connectivity index (χ3n) is 10.9. The van der Waals surface area contributed by atoms with E-state index < -0.39 is 174 Å². The first-order valence-corrected chi connectivity index (χ1v) is 18.0. The second kappa shape index (κ2) is 42.0. The molecule has 12 heterocycles. The molecule has 24 amide bonds. The third-order valence-corrected chi connectivity index (χ3v) is 10.9. The first-order valence-electron chi connectivity index (χ1n) is 18.0. The molecule has 10 radical (unpaired) electrons. The molecule has 88 heavy (non-hydrogen) atoms. The summed E-state index contributed by atoms with van der Waals surface area (Å²) in [5, 5.41) is 41.9. The van der Waals surface area contributed by atoms with Gasteiger partial charge in [0.15, 0.2) is 0 Å². The van der Waals surface area contributed by atoms with Gasteiger partial charge in [-0.1, -0.05) is 12.9 Å². The number of amides is 24. The molecule has 0 aromatic carbocycles. The number of rotatable bonds is 0. The first kappa shape index (κ1) is 111. The second-order valence-electron chi connectivity index (χ2n) is 14.2. The topological polar surface area (TPSA) is 632 Å². The number of hydrogen-bond acceptors (Lipinski definition) is 26. The number of β-lactam (4-membered cyclic amide) rings is 24. The Morgan fingerprint density at radius 1 is 0.239 bits per heavy atom. The molecule has 0 bridgehead atoms. The Bertz CT molecular complexity index is 2500. The quantitative estimate of drug-likeness (QED) is 0.129. The number of likely N-dealkylation sites (tertiary alicyclic amines) is 2. The summed E-state index contributed by atoms with van der Waals surface area (Å²) in [6, 6.07) is 0. The van der Waals surface area contributed by atoms with Crippen LogP contribution in [-0.4, -0.2) is 189 Å². The minimum absolute atomic E-state index is 0. The second-order valence-corrected chi connectivity index (χ2v) is 14.2. The molecule has 0 unspecified atom stereocenters. The van der Waals surface area contributed by atoms with E-state index >= 15 is 0 Å². The summed E-state index contributed by atoms with van der Waals surface area (Å²) in [6.45, 7) is 1.00. The molecule has 12 fully saturated rings. The molecule has 0 saturated carbocycles. The molecule has 12 aliphatic heterocycles. The zero-order valence-electron chi connectivity index (χ0n) is 43.8. The molecular weight excluding hydrogens is 2120 g/mol. The fourth-order valence-electron chi connectivity index (χ4n) is 6.45. The molecule has 12 rings (SSSR count). The van der Waals surface area contributed by atoms with E-state index in [-0.39, 0.29) is 407 Å². The molecule has 0 aromatic heterocycles. The molecule has 52 heteroatoms. The monoisotopic (exact) mass is 2130 g/mol. The van der Waals surface area contributed by atoms with E-state index in [4.69, 9.17) is 19.8 Å². The smallest absolute Gasteiger partial charge is 0.665 e. The van der Waals surface area contributed by atoms with Crippen molar-refractivity contribution in [2.75, 3.05) is 14.1 Å². The molecule has 40 nitrogen and oxygen atoms in total. The van der Waals surface area contributed by atoms with Crippen molar-refractivity contribution < 1.29 is 527 Å². The van der Waals surface area contributed by atoms with E-state index in [2.05, 4.69) is 53.2 Å². The van der Waals surface area contributed by atoms with E-state index in [1.165, 1.54) is 14.1 Å². The maximum Gasteiger partial charge on any atom is 3.00 e. The number of imide groups is 12. The van der Waals surface area contributed by atoms with Gasteiger partial charge in [-0.05, 0) is 0 Å². The average molecular weight is 2130 g/mol. The summed E-state index contributed by atoms with van der Waals surface area (Å²) in [4.78, 5) is 274. The van der Waals surface area contributed by atoms with Crippen LogP contribution in [0.15, 0.2) is 0 Å². The average Bonchev–Trinajstić information content (AvgIpc) is 3.29. The number of aliphatic hydroxyl groups excluding tert-OH is 2. The van der Waals surface area contributed by atoms with E-state index in [0.717, 1.165) is 9.80 Å². The van der Waals surface area contributed by atoms with E-state index in [9.17, 15) is 115 Å². The van der Waals surface area contributed by atoms with Crippen LogP contribution >= 0.6 is 0 Å². The van der Waals surface area contributed by atoms with Crippen molar-refractivity contribution in [3.8, 4) is 0 Å². The van der Waals surface area contributed by atoms with Crippen molar-refractivity contribution >= 4 is 155 Å². The van der Waals surface area contributed by atoms with Crippen molar-refractivity contribution in [3.63, 3.8) is 0 Å². The molecule has 12 saturated heterocycles. The summed E-state index contributed by atoms with van der Waals surface area (Å²) >= 11 is 0. The normalized spacial score (nSPS) is 19.9. The van der Waals surface area contributed by atoms with Crippen molar-refractivity contribution in [2.24, 2.45) is 32.5 Å². The maximum atomic E-state index is 11.0. The van der Waals surface area contributed by atoms with Crippen molar-refractivity contribution in [1.82, 2.24) is 9.80 Å². The van der Waals surface area contributed by atoms with Crippen LogP contribution in [0.4, 0.5) is 0 Å². The van der Waals surface area contributed by atoms with E-state index in [1.807, 2.05) is 0 Å². The molecule has 12 aliphatic rings. The molecular formula is C36H14N12O28Y12-8. The summed E-state index contributed by atoms with van der Waals surface area (Å²) in [7, 11) is 2.43. The number of carbonyl (C=O) groups is 24. The summed E-state index contributed by atoms with van der Waals surface area (Å²) < 4.78 is 0. The van der Waals surface area contributed by atoms with Gasteiger partial charge in [-0.15, -0.1) is 0 Å². The Kier molecular flexibility index (Phi) is 53.1. The Morgan fingerprint density at radius 2 is 0.307 bits per heavy atom. The van der Waals surface area contributed by atoms with Gasteiger partial charge in [0.2, 0.25) is 10.8 Å². The fourth-order valence-corrected chi connectivity index (χ4v) is 6.45. The fraction of sp³-hybridized carbons (Fsp3) is 0.222. The summed E-state index contributed by atoms with van der Waals surface area (Å²) in [6.07, 6.45) is 0. The SMILES string of the molecule is CN1C(=O)C2(C(=O)[N-]C2=O)C1=O.CN1C(=O)C2(C(=O)[N-]C2=O)C1=O.O=C1[N-]C(=O)C12C(=O)[N-]C2=O.O=C1[N-]C(=O)C12C(=O)[N-]C2=O.O=C1[N-]C(=O)C12C(=O)[N-]C2=O.O=C1[N-]C(=O)C12C(=O)[N-]C2=O.O=[C-]O.O=[C-]O.[CH3-].[CH3-].[Y+3].[Y+3].[Y].[Y].[Y].[Y].[Y].[Y].[Y].[Y].[Y].[Y]. The molecule has 6 spiro atoms. The predicted octanol–water partition coefficient (Wildman–Crippen LogP) is -7.67. The van der Waals surface area contributed by atoms with Gasteiger partial charge >= 0.3 is 65.4 Å². The van der Waals surface area contributed by atoms with Gasteiger partial charge in [0.1, 0.15) is 21.7 Å². The predicted molar refractivity (Wildman–Crippen MR) is 213 cm³/mol. The number of nitrogens with zero attached hydrogens (tertiary/aromatic N) is 12. The first-order chi connectivity index (χ1) is 34.3. The van der Waals surface area contributed by atoms with Gasteiger partial charge in [0.25, 0.3) is 23.6 Å². The van der Waals surface area contributed by atoms with Crippen LogP contribution in [0.3, 0.4) is 0 Å². The number of hydrogen-bond donors (Lipinski definition) is 2. The standard InChI is InChI=1S/2C6H4N2O4.4C5H2N2O4.2CHO2.2CH3.12Y/c2*1-8-4(11)6(5(8)12)2(9)7-3(6)10;4*8-1-5(2(9)6-1)3(10)7-4(5)11;2*2-1-3;;;;;;;;;;;;;;/h2*1H3,(H,7,9,10);4*(H2,6,7,8,9,10,11);2*(H,2,3);2*1H3;;;;;;;;;;;;/q;;;;;;4*-1;;;;;;;;;;;2*+3/p-10. The number of carbonyl (C=O) groups excluding carboxylic acids is 24. The van der Waals surface area contributed by atoms with Crippen molar-refractivity contribution in [3.05, 3.63) is 68.0 Å². The molecule has 430 valence electrons. The third kappa shape index (κ3) is 16.3. The molecule has 2 N–H and O–H groups in total. The Labute approximate surface area is 790 Å². The van der Waals surface area contributed by atoms with Crippen LogP contribution in [0, 0.1) is 47.3 Å². The van der Waals surface area contributed by atoms with Crippen LogP contribution < -0.4 is 0 Å². The molecule has 0 aliphatic carbocycles. The van der Waals surface area contributed by atoms with Crippen LogP contribution in [0.2, 0.25) is 0 Å². The van der Waals surface area contributed by atoms with Gasteiger partial charge in [-0.25, -0.2) is 0 Å². The Balaban J connectivity index is -0.0000000987. The Hall–Kier alpha value is 1.87. The largest absolute Gasteiger partial charge is 3.00 e. The van der Waals surface area contributed by atoms with Gasteiger partial charge in [0.05, 0.1) is 118 Å². The summed E-state index contributed by atoms with van der Waals surface area (Å²) in [5.41, 5.74) is -12.5. The molecule has 0 atom stereocenters. The summed E-state index contributed by atoms with van der Waals surface area (Å²) in [5.74, 6) is -22.5. The van der Waals surface area contributed by atoms with Crippen LogP contribution in [0.1, 0.15) is 0 Å². The minimum atomic E-state index is -2.11. The zero-order chi connectivity index (χ0) is 56.5. The van der Waals surface area contributed by atoms with Gasteiger partial charge < -0.3 is 184 Å². The van der Waals surface area contributed by atoms with E-state index in [1.54, 1.807) is 0 Å². The minimum Gasteiger partial charge on any atom is -0.665 e. The van der Waals surface area contributed by atoms with Gasteiger partial charge in [0, 0.05) is 341 Å². The maximum absolute atomic E-state index is 11.0. The van der Waals surface area contributed by atoms with Gasteiger partial charge in [-0.2, -0.15) is 0 Å². The van der Waals surface area contributed by atoms with Crippen LogP contribution in [0.5, 0.6) is 0 Å². The van der Waals surface area contributed by atoms with Gasteiger partial charge in [-0.3, -0.25) is 29.0 Å². The van der Waals surface area contributed by atoms with E-state index in [0.29, 0.717) is 12.9 Å². The molecule has 0 aromatic rings. The van der Waals surface area contributed by atoms with Crippen molar-refractivity contribution in [1.29, 1.82) is 0 Å². The van der Waals surface area contributed by atoms with Crippen molar-refractivity contribution in [2.45, 2.75) is 0 Å². The zero-order valence-corrected chi connectivity index (χ0v) is 77.9. The van der Waals surface area contributed by atoms with Crippen LogP contribution in [0.25, 0.3) is 53.2 Å². The Morgan fingerprint density at radius 3 is 0.341 bits per heavy atom.